The fourth-order valence-electron chi connectivity index (χ4n) is 3.81. The summed E-state index contributed by atoms with van der Waals surface area (Å²) >= 11 is 2.29. The molecule has 2 fully saturated rings. The molecule has 35 heavy (non-hydrogen) atoms. The lowest BCUT2D eigenvalue weighted by Crippen LogP contribution is -2.71. The highest BCUT2D eigenvalue weighted by atomic mass is 32.2. The van der Waals surface area contributed by atoms with Crippen LogP contribution in [0.3, 0.4) is 0 Å². The first kappa shape index (κ1) is 24.9. The van der Waals surface area contributed by atoms with Gasteiger partial charge in [-0.05, 0) is 38.7 Å². The number of rotatable bonds is 8. The molecule has 1 aromatic heterocycles. The van der Waals surface area contributed by atoms with Gasteiger partial charge < -0.3 is 25.4 Å². The highest BCUT2D eigenvalue weighted by Gasteiger charge is 2.54. The number of oxime groups is 1. The normalized spacial score (nSPS) is 24.2. The molecule has 188 valence electrons. The molecule has 15 heteroatoms. The van der Waals surface area contributed by atoms with Gasteiger partial charge in [-0.15, -0.1) is 11.8 Å². The Morgan fingerprint density at radius 1 is 1.29 bits per heavy atom. The minimum Gasteiger partial charge on any atom is -0.428 e. The third kappa shape index (κ3) is 5.56. The third-order valence-electron chi connectivity index (χ3n) is 5.46. The summed E-state index contributed by atoms with van der Waals surface area (Å²) in [6.07, 6.45) is 5.19. The number of carbonyl (C=O) groups is 4. The van der Waals surface area contributed by atoms with Crippen molar-refractivity contribution in [3.63, 3.8) is 0 Å². The highest BCUT2D eigenvalue weighted by molar-refractivity contribution is 8.00. The lowest BCUT2D eigenvalue weighted by molar-refractivity contribution is -0.166. The molecular weight excluding hydrogens is 500 g/mol. The molecule has 2 aliphatic heterocycles. The number of nitrogens with two attached hydrogens (primary N) is 1. The Morgan fingerprint density at radius 3 is 2.69 bits per heavy atom. The van der Waals surface area contributed by atoms with Crippen molar-refractivity contribution in [3.8, 4) is 0 Å². The van der Waals surface area contributed by atoms with Crippen molar-refractivity contribution in [1.29, 1.82) is 0 Å². The molecule has 3 atom stereocenters. The first-order valence-electron chi connectivity index (χ1n) is 10.9. The number of hydrogen-bond donors (Lipinski definition) is 2. The zero-order chi connectivity index (χ0) is 25.1. The van der Waals surface area contributed by atoms with E-state index in [4.69, 9.17) is 15.3 Å². The van der Waals surface area contributed by atoms with E-state index in [1.807, 2.05) is 6.92 Å². The molecule has 3 heterocycles. The van der Waals surface area contributed by atoms with Crippen LogP contribution in [0.2, 0.25) is 0 Å². The summed E-state index contributed by atoms with van der Waals surface area (Å²) in [5, 5.41) is 6.12. The number of anilines is 1. The van der Waals surface area contributed by atoms with Crippen LogP contribution in [0.1, 0.15) is 45.4 Å². The van der Waals surface area contributed by atoms with Crippen molar-refractivity contribution < 1.29 is 33.5 Å². The number of amides is 2. The molecule has 0 aromatic carbocycles. The maximum Gasteiger partial charge on any atom is 0.357 e. The molecule has 4 rings (SSSR count). The van der Waals surface area contributed by atoms with E-state index in [1.54, 1.807) is 6.08 Å². The molecule has 13 nitrogen and oxygen atoms in total. The largest absolute Gasteiger partial charge is 0.428 e. The van der Waals surface area contributed by atoms with Crippen LogP contribution in [0.25, 0.3) is 0 Å². The van der Waals surface area contributed by atoms with Gasteiger partial charge >= 0.3 is 11.9 Å². The van der Waals surface area contributed by atoms with Crippen LogP contribution in [0.15, 0.2) is 16.9 Å². The summed E-state index contributed by atoms with van der Waals surface area (Å²) in [5.74, 6) is -2.60. The summed E-state index contributed by atoms with van der Waals surface area (Å²) in [6, 6.07) is -0.924. The molecule has 3 aliphatic rings. The van der Waals surface area contributed by atoms with Crippen LogP contribution in [-0.2, 0) is 33.5 Å². The van der Waals surface area contributed by atoms with Crippen LogP contribution in [0.4, 0.5) is 5.13 Å². The molecule has 1 saturated heterocycles. The van der Waals surface area contributed by atoms with Gasteiger partial charge in [0.15, 0.2) is 5.13 Å². The Morgan fingerprint density at radius 2 is 2.03 bits per heavy atom. The number of β-lactam (4-membered cyclic amide) rings is 1. The predicted molar refractivity (Wildman–Crippen MR) is 125 cm³/mol. The van der Waals surface area contributed by atoms with Crippen molar-refractivity contribution in [2.45, 2.75) is 62.3 Å². The lowest BCUT2D eigenvalue weighted by atomic mass is 10.0. The van der Waals surface area contributed by atoms with Gasteiger partial charge in [0, 0.05) is 23.7 Å². The molecule has 0 radical (unpaired) electrons. The average Bonchev–Trinajstić information content (AvgIpc) is 3.48. The molecule has 2 amide bonds. The Hall–Kier alpha value is -3.20. The lowest BCUT2D eigenvalue weighted by Gasteiger charge is -2.49. The molecular formula is C20H24N6O7S2. The summed E-state index contributed by atoms with van der Waals surface area (Å²) in [5.41, 5.74) is 5.51. The fourth-order valence-corrected chi connectivity index (χ4v) is 5.57. The van der Waals surface area contributed by atoms with Gasteiger partial charge in [-0.3, -0.25) is 19.3 Å². The first-order chi connectivity index (χ1) is 16.7. The number of ether oxygens (including phenoxy) is 2. The molecule has 2 unspecified atom stereocenters. The van der Waals surface area contributed by atoms with Gasteiger partial charge in [0.25, 0.3) is 11.8 Å². The van der Waals surface area contributed by atoms with E-state index in [2.05, 4.69) is 24.6 Å². The standard InChI is InChI=1S/C20H24N6O7S2/c1-9-7-12(19(30)32-8-31-10(2)27)26-17(29)14(18(26)34-9)22-16(28)13(15-23-20(21)35-25-15)24-33-11-5-3-4-6-11/h7,9,11,14,18H,3-6,8H2,1-2H3,(H,22,28)(H2,21,23,25)/t9?,14?,18-/m0/s1. The second-order valence-electron chi connectivity index (χ2n) is 8.04. The average molecular weight is 525 g/mol. The summed E-state index contributed by atoms with van der Waals surface area (Å²) in [7, 11) is 0. The second-order valence-corrected chi connectivity index (χ2v) is 10.3. The van der Waals surface area contributed by atoms with E-state index in [-0.39, 0.29) is 33.7 Å². The van der Waals surface area contributed by atoms with Gasteiger partial charge in [-0.2, -0.15) is 9.36 Å². The van der Waals surface area contributed by atoms with Gasteiger partial charge in [-0.1, -0.05) is 5.16 Å². The zero-order valence-corrected chi connectivity index (χ0v) is 20.6. The molecule has 0 spiro atoms. The smallest absolute Gasteiger partial charge is 0.357 e. The molecule has 3 N–H and O–H groups in total. The van der Waals surface area contributed by atoms with Crippen molar-refractivity contribution in [2.24, 2.45) is 5.16 Å². The Bertz CT molecular complexity index is 1080. The number of nitrogens with zero attached hydrogens (tertiary/aromatic N) is 4. The maximum atomic E-state index is 13.1. The zero-order valence-electron chi connectivity index (χ0n) is 19.0. The van der Waals surface area contributed by atoms with Crippen molar-refractivity contribution in [3.05, 3.63) is 17.6 Å². The number of fused-ring (bicyclic) bond motifs is 1. The Balaban J connectivity index is 1.45. The van der Waals surface area contributed by atoms with Crippen molar-refractivity contribution >= 4 is 57.9 Å². The summed E-state index contributed by atoms with van der Waals surface area (Å²) in [6.45, 7) is 2.46. The van der Waals surface area contributed by atoms with Crippen LogP contribution in [-0.4, -0.2) is 73.3 Å². The Labute approximate surface area is 208 Å². The molecule has 1 aliphatic carbocycles. The minimum atomic E-state index is -0.924. The number of nitrogen functional groups attached to an aromatic ring is 1. The van der Waals surface area contributed by atoms with Gasteiger partial charge in [0.2, 0.25) is 18.3 Å². The summed E-state index contributed by atoms with van der Waals surface area (Å²) < 4.78 is 13.6. The monoisotopic (exact) mass is 524 g/mol. The third-order valence-corrected chi connectivity index (χ3v) is 7.33. The van der Waals surface area contributed by atoms with Crippen LogP contribution < -0.4 is 11.1 Å². The SMILES string of the molecule is CC(=O)OCOC(=O)C1=CC(C)S[C@H]2C(NC(=O)C(=NOC3CCCC3)c3nsc(N)n3)C(=O)N12. The van der Waals surface area contributed by atoms with Crippen LogP contribution in [0.5, 0.6) is 0 Å². The minimum absolute atomic E-state index is 0.00549. The predicted octanol–water partition coefficient (Wildman–Crippen LogP) is 0.520. The number of carbonyl (C=O) groups excluding carboxylic acids is 4. The van der Waals surface area contributed by atoms with E-state index < -0.39 is 42.0 Å². The van der Waals surface area contributed by atoms with Gasteiger partial charge in [0.1, 0.15) is 23.2 Å². The van der Waals surface area contributed by atoms with Crippen LogP contribution >= 0.6 is 23.3 Å². The quantitative estimate of drug-likeness (QED) is 0.159. The molecule has 1 saturated carbocycles. The highest BCUT2D eigenvalue weighted by Crippen LogP contribution is 2.41. The first-order valence-corrected chi connectivity index (χ1v) is 12.6. The Kier molecular flexibility index (Phi) is 7.54. The topological polar surface area (TPSA) is 175 Å². The van der Waals surface area contributed by atoms with Gasteiger partial charge in [-0.25, -0.2) is 4.79 Å². The molecule has 1 aromatic rings. The maximum absolute atomic E-state index is 13.1. The number of aromatic nitrogens is 2. The van der Waals surface area contributed by atoms with Crippen molar-refractivity contribution in [2.75, 3.05) is 12.5 Å². The summed E-state index contributed by atoms with van der Waals surface area (Å²) in [4.78, 5) is 60.2. The van der Waals surface area contributed by atoms with E-state index in [0.29, 0.717) is 0 Å². The second kappa shape index (κ2) is 10.6. The van der Waals surface area contributed by atoms with E-state index in [9.17, 15) is 19.2 Å². The fraction of sp³-hybridized carbons (Fsp3) is 0.550. The van der Waals surface area contributed by atoms with Crippen LogP contribution in [0, 0.1) is 0 Å². The van der Waals surface area contributed by atoms with E-state index in [1.165, 1.54) is 23.6 Å². The number of nitrogens with one attached hydrogen (secondary N) is 1. The number of hydrogen-bond acceptors (Lipinski definition) is 13. The number of thioether (sulfide) groups is 1. The van der Waals surface area contributed by atoms with E-state index >= 15 is 0 Å². The van der Waals surface area contributed by atoms with Crippen molar-refractivity contribution in [1.82, 2.24) is 19.6 Å². The molecule has 0 bridgehead atoms. The van der Waals surface area contributed by atoms with E-state index in [0.717, 1.165) is 37.2 Å². The number of esters is 2. The van der Waals surface area contributed by atoms with Gasteiger partial charge in [0.05, 0.1) is 0 Å².